The molecule has 130 valence electrons. The van der Waals surface area contributed by atoms with Gasteiger partial charge in [-0.3, -0.25) is 4.98 Å². The Balaban J connectivity index is 1.79. The van der Waals surface area contributed by atoms with Crippen LogP contribution in [0.1, 0.15) is 5.76 Å². The number of hydrogen-bond donors (Lipinski definition) is 2. The lowest BCUT2D eigenvalue weighted by molar-refractivity contribution is 0.425. The van der Waals surface area contributed by atoms with Crippen molar-refractivity contribution in [3.63, 3.8) is 0 Å². The minimum atomic E-state index is 0.563. The molecule has 3 aromatic heterocycles. The van der Waals surface area contributed by atoms with Crippen molar-refractivity contribution < 1.29 is 4.42 Å². The molecule has 7 nitrogen and oxygen atoms in total. The van der Waals surface area contributed by atoms with Crippen LogP contribution in [0.25, 0.3) is 11.3 Å². The van der Waals surface area contributed by atoms with E-state index in [4.69, 9.17) is 4.42 Å². The third-order valence-electron chi connectivity index (χ3n) is 3.55. The molecule has 3 rings (SSSR count). The van der Waals surface area contributed by atoms with Gasteiger partial charge in [0.15, 0.2) is 0 Å². The Kier molecular flexibility index (Phi) is 5.58. The average Bonchev–Trinajstić information content (AvgIpc) is 3.14. The van der Waals surface area contributed by atoms with Crippen molar-refractivity contribution >= 4 is 11.8 Å². The van der Waals surface area contributed by atoms with Gasteiger partial charge in [0, 0.05) is 37.1 Å². The number of furan rings is 1. The van der Waals surface area contributed by atoms with Crippen LogP contribution in [-0.2, 0) is 6.54 Å². The summed E-state index contributed by atoms with van der Waals surface area (Å²) in [5.74, 6) is 2.17. The van der Waals surface area contributed by atoms with Crippen LogP contribution < -0.4 is 10.6 Å². The quantitative estimate of drug-likeness (QED) is 0.654. The molecule has 0 unspecified atom stereocenters. The lowest BCUT2D eigenvalue weighted by Gasteiger charge is -2.13. The standard InChI is InChI=1S/C18H22N6O/c1-24(2)9-8-20-18-22-16(14-5-3-7-19-12-14)11-17(23-18)21-13-15-6-4-10-25-15/h3-7,10-12H,8-9,13H2,1-2H3,(H2,20,21,22,23). The van der Waals surface area contributed by atoms with Gasteiger partial charge in [0.25, 0.3) is 0 Å². The molecule has 3 heterocycles. The second kappa shape index (κ2) is 8.25. The van der Waals surface area contributed by atoms with Crippen LogP contribution in [0.3, 0.4) is 0 Å². The predicted octanol–water partition coefficient (Wildman–Crippen LogP) is 2.72. The van der Waals surface area contributed by atoms with Crippen LogP contribution in [0.4, 0.5) is 11.8 Å². The Morgan fingerprint density at radius 2 is 2.04 bits per heavy atom. The summed E-state index contributed by atoms with van der Waals surface area (Å²) in [4.78, 5) is 15.4. The lowest BCUT2D eigenvalue weighted by Crippen LogP contribution is -2.21. The summed E-state index contributed by atoms with van der Waals surface area (Å²) < 4.78 is 5.35. The number of nitrogens with zero attached hydrogens (tertiary/aromatic N) is 4. The Morgan fingerprint density at radius 3 is 2.76 bits per heavy atom. The normalized spacial score (nSPS) is 10.8. The number of hydrogen-bond acceptors (Lipinski definition) is 7. The molecule has 25 heavy (non-hydrogen) atoms. The van der Waals surface area contributed by atoms with E-state index in [1.54, 1.807) is 18.7 Å². The number of anilines is 2. The topological polar surface area (TPSA) is 79.1 Å². The molecule has 0 atom stereocenters. The fraction of sp³-hybridized carbons (Fsp3) is 0.278. The maximum Gasteiger partial charge on any atom is 0.225 e. The van der Waals surface area contributed by atoms with Crippen LogP contribution in [0.2, 0.25) is 0 Å². The van der Waals surface area contributed by atoms with E-state index in [2.05, 4.69) is 30.5 Å². The summed E-state index contributed by atoms with van der Waals surface area (Å²) in [5.41, 5.74) is 1.76. The van der Waals surface area contributed by atoms with Gasteiger partial charge >= 0.3 is 0 Å². The Labute approximate surface area is 147 Å². The lowest BCUT2D eigenvalue weighted by atomic mass is 10.2. The second-order valence-electron chi connectivity index (χ2n) is 5.87. The van der Waals surface area contributed by atoms with Gasteiger partial charge in [0.1, 0.15) is 11.6 Å². The van der Waals surface area contributed by atoms with E-state index in [1.807, 2.05) is 44.4 Å². The summed E-state index contributed by atoms with van der Waals surface area (Å²) in [5, 5.41) is 6.55. The highest BCUT2D eigenvalue weighted by molar-refractivity contribution is 5.63. The first-order chi connectivity index (χ1) is 12.2. The summed E-state index contributed by atoms with van der Waals surface area (Å²) >= 11 is 0. The smallest absolute Gasteiger partial charge is 0.225 e. The summed E-state index contributed by atoms with van der Waals surface area (Å²) in [6.07, 6.45) is 5.20. The van der Waals surface area contributed by atoms with Crippen molar-refractivity contribution in [1.82, 2.24) is 19.9 Å². The van der Waals surface area contributed by atoms with Gasteiger partial charge < -0.3 is 20.0 Å². The number of likely N-dealkylation sites (N-methyl/N-ethyl adjacent to an activating group) is 1. The second-order valence-corrected chi connectivity index (χ2v) is 5.87. The highest BCUT2D eigenvalue weighted by Crippen LogP contribution is 2.21. The minimum absolute atomic E-state index is 0.563. The van der Waals surface area contributed by atoms with Gasteiger partial charge in [0.2, 0.25) is 5.95 Å². The summed E-state index contributed by atoms with van der Waals surface area (Å²) in [7, 11) is 4.07. The molecule has 0 saturated carbocycles. The molecule has 0 amide bonds. The van der Waals surface area contributed by atoms with Crippen molar-refractivity contribution in [1.29, 1.82) is 0 Å². The predicted molar refractivity (Wildman–Crippen MR) is 98.3 cm³/mol. The molecular weight excluding hydrogens is 316 g/mol. The average molecular weight is 338 g/mol. The number of rotatable bonds is 8. The number of aromatic nitrogens is 3. The van der Waals surface area contributed by atoms with E-state index < -0.39 is 0 Å². The van der Waals surface area contributed by atoms with Gasteiger partial charge in [-0.15, -0.1) is 0 Å². The van der Waals surface area contributed by atoms with Gasteiger partial charge in [0.05, 0.1) is 18.5 Å². The number of nitrogens with one attached hydrogen (secondary N) is 2. The van der Waals surface area contributed by atoms with Crippen molar-refractivity contribution in [3.05, 3.63) is 54.7 Å². The maximum atomic E-state index is 5.35. The summed E-state index contributed by atoms with van der Waals surface area (Å²) in [6.45, 7) is 2.23. The van der Waals surface area contributed by atoms with E-state index >= 15 is 0 Å². The van der Waals surface area contributed by atoms with E-state index in [0.717, 1.165) is 35.9 Å². The fourth-order valence-corrected chi connectivity index (χ4v) is 2.26. The molecule has 0 aliphatic carbocycles. The van der Waals surface area contributed by atoms with Crippen molar-refractivity contribution in [2.75, 3.05) is 37.8 Å². The largest absolute Gasteiger partial charge is 0.467 e. The molecule has 0 saturated heterocycles. The van der Waals surface area contributed by atoms with E-state index in [-0.39, 0.29) is 0 Å². The Morgan fingerprint density at radius 1 is 1.12 bits per heavy atom. The monoisotopic (exact) mass is 338 g/mol. The molecule has 3 aromatic rings. The van der Waals surface area contributed by atoms with E-state index in [1.165, 1.54) is 0 Å². The Bertz CT molecular complexity index is 774. The van der Waals surface area contributed by atoms with Gasteiger partial charge in [-0.1, -0.05) is 0 Å². The molecular formula is C18H22N6O. The molecule has 2 N–H and O–H groups in total. The first-order valence-electron chi connectivity index (χ1n) is 8.15. The SMILES string of the molecule is CN(C)CCNc1nc(NCc2ccco2)cc(-c2cccnc2)n1. The minimum Gasteiger partial charge on any atom is -0.467 e. The zero-order valence-corrected chi connectivity index (χ0v) is 14.4. The van der Waals surface area contributed by atoms with Gasteiger partial charge in [-0.2, -0.15) is 4.98 Å². The fourth-order valence-electron chi connectivity index (χ4n) is 2.26. The van der Waals surface area contributed by atoms with Crippen LogP contribution in [0.5, 0.6) is 0 Å². The molecule has 0 aliphatic heterocycles. The van der Waals surface area contributed by atoms with Crippen molar-refractivity contribution in [2.45, 2.75) is 6.54 Å². The molecule has 0 spiro atoms. The van der Waals surface area contributed by atoms with Gasteiger partial charge in [-0.25, -0.2) is 4.98 Å². The number of pyridine rings is 1. The highest BCUT2D eigenvalue weighted by atomic mass is 16.3. The highest BCUT2D eigenvalue weighted by Gasteiger charge is 2.07. The first kappa shape index (κ1) is 16.9. The Hall–Kier alpha value is -2.93. The zero-order valence-electron chi connectivity index (χ0n) is 14.4. The third kappa shape index (κ3) is 5.02. The molecule has 0 radical (unpaired) electrons. The van der Waals surface area contributed by atoms with Crippen molar-refractivity contribution in [3.8, 4) is 11.3 Å². The van der Waals surface area contributed by atoms with Crippen LogP contribution in [-0.4, -0.2) is 47.0 Å². The van der Waals surface area contributed by atoms with Crippen LogP contribution >= 0.6 is 0 Å². The molecule has 0 aliphatic rings. The van der Waals surface area contributed by atoms with Gasteiger partial charge in [-0.05, 0) is 38.4 Å². The first-order valence-corrected chi connectivity index (χ1v) is 8.15. The zero-order chi connectivity index (χ0) is 17.5. The van der Waals surface area contributed by atoms with E-state index in [9.17, 15) is 0 Å². The van der Waals surface area contributed by atoms with E-state index in [0.29, 0.717) is 12.5 Å². The molecule has 0 aromatic carbocycles. The molecule has 0 fully saturated rings. The maximum absolute atomic E-state index is 5.35. The third-order valence-corrected chi connectivity index (χ3v) is 3.55. The molecule has 0 bridgehead atoms. The summed E-state index contributed by atoms with van der Waals surface area (Å²) in [6, 6.07) is 9.58. The molecule has 7 heteroatoms. The van der Waals surface area contributed by atoms with Crippen LogP contribution in [0.15, 0.2) is 53.4 Å². The van der Waals surface area contributed by atoms with Crippen molar-refractivity contribution in [2.24, 2.45) is 0 Å². The van der Waals surface area contributed by atoms with Crippen LogP contribution in [0, 0.1) is 0 Å².